The number of fused-ring (bicyclic) bond motifs is 1. The Labute approximate surface area is 182 Å². The lowest BCUT2D eigenvalue weighted by Gasteiger charge is -2.28. The molecule has 1 aliphatic heterocycles. The van der Waals surface area contributed by atoms with Gasteiger partial charge in [-0.3, -0.25) is 14.9 Å². The summed E-state index contributed by atoms with van der Waals surface area (Å²) in [4.78, 5) is 31.5. The van der Waals surface area contributed by atoms with Crippen LogP contribution in [0.5, 0.6) is 5.75 Å². The van der Waals surface area contributed by atoms with E-state index in [9.17, 15) is 18.4 Å². The average Bonchev–Trinajstić information content (AvgIpc) is 3.34. The van der Waals surface area contributed by atoms with Gasteiger partial charge in [-0.05, 0) is 45.8 Å². The van der Waals surface area contributed by atoms with E-state index in [-0.39, 0.29) is 27.9 Å². The highest BCUT2D eigenvalue weighted by molar-refractivity contribution is 9.10. The molecule has 6 nitrogen and oxygen atoms in total. The first-order chi connectivity index (χ1) is 14.4. The summed E-state index contributed by atoms with van der Waals surface area (Å²) >= 11 is 4.27. The van der Waals surface area contributed by atoms with E-state index in [1.807, 2.05) is 0 Å². The Morgan fingerprint density at radius 2 is 2.13 bits per heavy atom. The fraction of sp³-hybridized carbons (Fsp3) is 0.150. The fourth-order valence-electron chi connectivity index (χ4n) is 3.39. The van der Waals surface area contributed by atoms with Crippen LogP contribution in [0.25, 0.3) is 0 Å². The molecule has 3 aromatic rings. The molecule has 0 fully saturated rings. The summed E-state index contributed by atoms with van der Waals surface area (Å²) in [5, 5.41) is 4.63. The second kappa shape index (κ2) is 8.11. The number of halogens is 3. The van der Waals surface area contributed by atoms with Gasteiger partial charge >= 0.3 is 0 Å². The molecule has 0 bridgehead atoms. The van der Waals surface area contributed by atoms with Crippen LogP contribution in [-0.4, -0.2) is 28.8 Å². The van der Waals surface area contributed by atoms with Crippen LogP contribution in [0.1, 0.15) is 27.5 Å². The molecule has 2 heterocycles. The molecule has 1 N–H and O–H groups in total. The zero-order valence-electron chi connectivity index (χ0n) is 15.5. The molecule has 4 rings (SSSR count). The minimum atomic E-state index is -1.27. The molecule has 0 aliphatic carbocycles. The molecule has 1 atom stereocenters. The van der Waals surface area contributed by atoms with Crippen molar-refractivity contribution < 1.29 is 23.1 Å². The van der Waals surface area contributed by atoms with Crippen molar-refractivity contribution in [2.45, 2.75) is 12.6 Å². The average molecular weight is 494 g/mol. The number of thiazole rings is 1. The molecular weight excluding hydrogens is 480 g/mol. The number of hydrogen-bond donors (Lipinski definition) is 1. The molecule has 154 valence electrons. The van der Waals surface area contributed by atoms with Gasteiger partial charge in [-0.25, -0.2) is 13.8 Å². The number of carbonyl (C=O) groups is 2. The summed E-state index contributed by atoms with van der Waals surface area (Å²) in [5.41, 5.74) is 0.460. The molecule has 0 radical (unpaired) electrons. The summed E-state index contributed by atoms with van der Waals surface area (Å²) in [7, 11) is 1.38. The van der Waals surface area contributed by atoms with Gasteiger partial charge in [0.05, 0.1) is 17.1 Å². The monoisotopic (exact) mass is 493 g/mol. The van der Waals surface area contributed by atoms with Gasteiger partial charge in [-0.1, -0.05) is 6.07 Å². The topological polar surface area (TPSA) is 71.5 Å². The summed E-state index contributed by atoms with van der Waals surface area (Å²) in [6.07, 6.45) is 1.52. The number of hydrogen-bond acceptors (Lipinski definition) is 5. The Bertz CT molecular complexity index is 1140. The first kappa shape index (κ1) is 20.4. The SMILES string of the molecule is COc1ccc(F)cc1C(C(=O)Nc1nccs1)N1Cc2ccc(Br)c(F)c2C1=O. The largest absolute Gasteiger partial charge is 0.496 e. The zero-order chi connectivity index (χ0) is 21.4. The summed E-state index contributed by atoms with van der Waals surface area (Å²) in [5.74, 6) is -2.37. The van der Waals surface area contributed by atoms with Gasteiger partial charge in [0, 0.05) is 23.7 Å². The van der Waals surface area contributed by atoms with E-state index < -0.39 is 29.5 Å². The predicted molar refractivity (Wildman–Crippen MR) is 110 cm³/mol. The number of benzene rings is 2. The van der Waals surface area contributed by atoms with Crippen molar-refractivity contribution in [3.63, 3.8) is 0 Å². The van der Waals surface area contributed by atoms with Crippen LogP contribution >= 0.6 is 27.3 Å². The molecule has 1 aromatic heterocycles. The molecule has 30 heavy (non-hydrogen) atoms. The maximum absolute atomic E-state index is 14.6. The first-order valence-electron chi connectivity index (χ1n) is 8.72. The van der Waals surface area contributed by atoms with Crippen molar-refractivity contribution in [3.05, 3.63) is 74.7 Å². The molecule has 2 amide bonds. The highest BCUT2D eigenvalue weighted by atomic mass is 79.9. The van der Waals surface area contributed by atoms with Gasteiger partial charge in [-0.2, -0.15) is 0 Å². The number of nitrogens with one attached hydrogen (secondary N) is 1. The van der Waals surface area contributed by atoms with Crippen molar-refractivity contribution in [3.8, 4) is 5.75 Å². The Kier molecular flexibility index (Phi) is 5.52. The van der Waals surface area contributed by atoms with E-state index in [0.29, 0.717) is 10.7 Å². The van der Waals surface area contributed by atoms with Crippen molar-refractivity contribution in [2.75, 3.05) is 12.4 Å². The normalized spacial score (nSPS) is 13.9. The molecular formula is C20H14BrF2N3O3S. The summed E-state index contributed by atoms with van der Waals surface area (Å²) in [6, 6.07) is 5.54. The van der Waals surface area contributed by atoms with E-state index in [1.165, 1.54) is 47.7 Å². The number of rotatable bonds is 5. The van der Waals surface area contributed by atoms with E-state index in [4.69, 9.17) is 4.74 Å². The number of nitrogens with zero attached hydrogens (tertiary/aromatic N) is 2. The smallest absolute Gasteiger partial charge is 0.258 e. The fourth-order valence-corrected chi connectivity index (χ4v) is 4.25. The van der Waals surface area contributed by atoms with Gasteiger partial charge in [-0.15, -0.1) is 11.3 Å². The van der Waals surface area contributed by atoms with Crippen LogP contribution in [0, 0.1) is 11.6 Å². The van der Waals surface area contributed by atoms with E-state index in [2.05, 4.69) is 26.2 Å². The Balaban J connectivity index is 1.80. The highest BCUT2D eigenvalue weighted by Crippen LogP contribution is 2.38. The lowest BCUT2D eigenvalue weighted by Crippen LogP contribution is -2.38. The zero-order valence-corrected chi connectivity index (χ0v) is 17.9. The second-order valence-corrected chi connectivity index (χ2v) is 8.19. The second-order valence-electron chi connectivity index (χ2n) is 6.44. The van der Waals surface area contributed by atoms with Gasteiger partial charge < -0.3 is 9.64 Å². The summed E-state index contributed by atoms with van der Waals surface area (Å²) < 4.78 is 34.1. The number of anilines is 1. The number of carbonyl (C=O) groups excluding carboxylic acids is 2. The van der Waals surface area contributed by atoms with Gasteiger partial charge in [0.25, 0.3) is 11.8 Å². The van der Waals surface area contributed by atoms with E-state index >= 15 is 0 Å². The third kappa shape index (κ3) is 3.56. The minimum absolute atomic E-state index is 0.0199. The molecule has 0 spiro atoms. The van der Waals surface area contributed by atoms with Crippen LogP contribution in [-0.2, 0) is 11.3 Å². The minimum Gasteiger partial charge on any atom is -0.496 e. The Morgan fingerprint density at radius 3 is 2.83 bits per heavy atom. The van der Waals surface area contributed by atoms with Crippen molar-refractivity contribution >= 4 is 44.2 Å². The third-order valence-electron chi connectivity index (χ3n) is 4.71. The molecule has 2 aromatic carbocycles. The molecule has 1 unspecified atom stereocenters. The van der Waals surface area contributed by atoms with Crippen LogP contribution < -0.4 is 10.1 Å². The predicted octanol–water partition coefficient (Wildman–Crippen LogP) is 4.53. The lowest BCUT2D eigenvalue weighted by atomic mass is 10.0. The van der Waals surface area contributed by atoms with Crippen LogP contribution in [0.2, 0.25) is 0 Å². The Hall–Kier alpha value is -2.85. The van der Waals surface area contributed by atoms with Gasteiger partial charge in [0.1, 0.15) is 23.4 Å². The summed E-state index contributed by atoms with van der Waals surface area (Å²) in [6.45, 7) is -0.0199. The standard InChI is InChI=1S/C20H14BrF2N3O3S/c1-29-14-5-3-11(22)8-12(14)17(18(27)25-20-24-6-7-30-20)26-9-10-2-4-13(21)16(23)15(10)19(26)28/h2-8,17H,9H2,1H3,(H,24,25,27). The number of ether oxygens (including phenoxy) is 1. The van der Waals surface area contributed by atoms with Gasteiger partial charge in [0.2, 0.25) is 0 Å². The molecule has 1 aliphatic rings. The number of aromatic nitrogens is 1. The van der Waals surface area contributed by atoms with Crippen molar-refractivity contribution in [1.82, 2.24) is 9.88 Å². The van der Waals surface area contributed by atoms with E-state index in [0.717, 1.165) is 6.07 Å². The van der Waals surface area contributed by atoms with E-state index in [1.54, 1.807) is 11.4 Å². The Morgan fingerprint density at radius 1 is 1.33 bits per heavy atom. The van der Waals surface area contributed by atoms with Crippen molar-refractivity contribution in [2.24, 2.45) is 0 Å². The quantitative estimate of drug-likeness (QED) is 0.566. The van der Waals surface area contributed by atoms with Crippen LogP contribution in [0.4, 0.5) is 13.9 Å². The maximum Gasteiger partial charge on any atom is 0.258 e. The lowest BCUT2D eigenvalue weighted by molar-refractivity contribution is -0.120. The van der Waals surface area contributed by atoms with Crippen molar-refractivity contribution in [1.29, 1.82) is 0 Å². The number of amides is 2. The van der Waals surface area contributed by atoms with Crippen LogP contribution in [0.3, 0.4) is 0 Å². The number of methoxy groups -OCH3 is 1. The molecule has 10 heteroatoms. The first-order valence-corrected chi connectivity index (χ1v) is 10.4. The highest BCUT2D eigenvalue weighted by Gasteiger charge is 2.41. The van der Waals surface area contributed by atoms with Gasteiger partial charge in [0.15, 0.2) is 5.13 Å². The maximum atomic E-state index is 14.6. The third-order valence-corrected chi connectivity index (χ3v) is 6.01. The molecule has 0 saturated carbocycles. The molecule has 0 saturated heterocycles. The van der Waals surface area contributed by atoms with Crippen LogP contribution in [0.15, 0.2) is 46.4 Å².